The summed E-state index contributed by atoms with van der Waals surface area (Å²) in [5.74, 6) is -0.396. The molecule has 1 amide bonds. The number of halogens is 3. The standard InChI is InChI=1S/C16H21F3N2O2/c1-20(8-7-16(17,18)19)15(22)14-12-21(9-10-23-14)11-13-5-3-2-4-6-13/h2-6,14H,7-12H2,1H3/t14-/m1/s1. The molecular formula is C16H21F3N2O2. The van der Waals surface area contributed by atoms with Crippen LogP contribution in [0.2, 0.25) is 0 Å². The van der Waals surface area contributed by atoms with Crippen LogP contribution < -0.4 is 0 Å². The van der Waals surface area contributed by atoms with E-state index in [0.717, 1.165) is 10.5 Å². The van der Waals surface area contributed by atoms with Gasteiger partial charge in [0.15, 0.2) is 0 Å². The second kappa shape index (κ2) is 7.79. The van der Waals surface area contributed by atoms with E-state index in [-0.39, 0.29) is 6.54 Å². The number of nitrogens with zero attached hydrogens (tertiary/aromatic N) is 2. The Bertz CT molecular complexity index is 508. The predicted molar refractivity (Wildman–Crippen MR) is 79.8 cm³/mol. The molecule has 0 bridgehead atoms. The summed E-state index contributed by atoms with van der Waals surface area (Å²) in [5, 5.41) is 0. The van der Waals surface area contributed by atoms with Crippen molar-refractivity contribution in [1.82, 2.24) is 9.80 Å². The average molecular weight is 330 g/mol. The quantitative estimate of drug-likeness (QED) is 0.830. The number of hydrogen-bond acceptors (Lipinski definition) is 3. The molecule has 0 spiro atoms. The number of alkyl halides is 3. The van der Waals surface area contributed by atoms with E-state index in [1.54, 1.807) is 0 Å². The maximum absolute atomic E-state index is 12.2. The molecule has 1 aromatic rings. The van der Waals surface area contributed by atoms with Gasteiger partial charge < -0.3 is 9.64 Å². The Kier molecular flexibility index (Phi) is 6.01. The highest BCUT2D eigenvalue weighted by Crippen LogP contribution is 2.20. The van der Waals surface area contributed by atoms with Crippen molar-refractivity contribution in [1.29, 1.82) is 0 Å². The van der Waals surface area contributed by atoms with Crippen LogP contribution in [-0.4, -0.2) is 61.3 Å². The van der Waals surface area contributed by atoms with E-state index in [9.17, 15) is 18.0 Å². The highest BCUT2D eigenvalue weighted by molar-refractivity contribution is 5.81. The fraction of sp³-hybridized carbons (Fsp3) is 0.562. The SMILES string of the molecule is CN(CCC(F)(F)F)C(=O)[C@H]1CN(Cc2ccccc2)CCO1. The third-order valence-electron chi connectivity index (χ3n) is 3.78. The molecular weight excluding hydrogens is 309 g/mol. The van der Waals surface area contributed by atoms with Gasteiger partial charge in [0.1, 0.15) is 6.10 Å². The van der Waals surface area contributed by atoms with Gasteiger partial charge in [-0.2, -0.15) is 13.2 Å². The minimum absolute atomic E-state index is 0.346. The number of carbonyl (C=O) groups excluding carboxylic acids is 1. The summed E-state index contributed by atoms with van der Waals surface area (Å²) in [6, 6.07) is 9.83. The number of rotatable bonds is 5. The zero-order valence-corrected chi connectivity index (χ0v) is 13.1. The van der Waals surface area contributed by atoms with E-state index in [2.05, 4.69) is 4.90 Å². The first kappa shape index (κ1) is 17.7. The van der Waals surface area contributed by atoms with Crippen LogP contribution in [0.1, 0.15) is 12.0 Å². The van der Waals surface area contributed by atoms with Crippen molar-refractivity contribution in [3.63, 3.8) is 0 Å². The lowest BCUT2D eigenvalue weighted by molar-refractivity contribution is -0.155. The highest BCUT2D eigenvalue weighted by Gasteiger charge is 2.32. The summed E-state index contributed by atoms with van der Waals surface area (Å²) in [4.78, 5) is 15.4. The van der Waals surface area contributed by atoms with E-state index in [1.165, 1.54) is 7.05 Å². The Hall–Kier alpha value is -1.60. The molecule has 0 unspecified atom stereocenters. The lowest BCUT2D eigenvalue weighted by Gasteiger charge is -2.34. The van der Waals surface area contributed by atoms with Gasteiger partial charge in [0.25, 0.3) is 5.91 Å². The zero-order valence-electron chi connectivity index (χ0n) is 13.1. The van der Waals surface area contributed by atoms with Gasteiger partial charge in [-0.25, -0.2) is 0 Å². The Morgan fingerprint density at radius 2 is 2.04 bits per heavy atom. The summed E-state index contributed by atoms with van der Waals surface area (Å²) in [6.07, 6.45) is -5.97. The number of carbonyl (C=O) groups is 1. The molecule has 128 valence electrons. The Morgan fingerprint density at radius 1 is 1.35 bits per heavy atom. The topological polar surface area (TPSA) is 32.8 Å². The lowest BCUT2D eigenvalue weighted by Crippen LogP contribution is -2.50. The average Bonchev–Trinajstić information content (AvgIpc) is 2.52. The van der Waals surface area contributed by atoms with Crippen molar-refractivity contribution in [2.24, 2.45) is 0 Å². The zero-order chi connectivity index (χ0) is 16.9. The minimum Gasteiger partial charge on any atom is -0.366 e. The molecule has 0 aromatic heterocycles. The molecule has 0 N–H and O–H groups in total. The molecule has 1 fully saturated rings. The van der Waals surface area contributed by atoms with Gasteiger partial charge in [0, 0.05) is 33.2 Å². The summed E-state index contributed by atoms with van der Waals surface area (Å²) in [5.41, 5.74) is 1.13. The van der Waals surface area contributed by atoms with Crippen LogP contribution in [0.25, 0.3) is 0 Å². The number of morpholine rings is 1. The number of likely N-dealkylation sites (N-methyl/N-ethyl adjacent to an activating group) is 1. The summed E-state index contributed by atoms with van der Waals surface area (Å²) < 4.78 is 42.2. The molecule has 4 nitrogen and oxygen atoms in total. The van der Waals surface area contributed by atoms with Gasteiger partial charge >= 0.3 is 6.18 Å². The second-order valence-electron chi connectivity index (χ2n) is 5.71. The maximum atomic E-state index is 12.2. The van der Waals surface area contributed by atoms with E-state index >= 15 is 0 Å². The molecule has 2 rings (SSSR count). The third-order valence-corrected chi connectivity index (χ3v) is 3.78. The Balaban J connectivity index is 1.86. The first-order valence-electron chi connectivity index (χ1n) is 7.55. The molecule has 23 heavy (non-hydrogen) atoms. The molecule has 1 aliphatic rings. The molecule has 1 saturated heterocycles. The minimum atomic E-state index is -4.26. The molecule has 0 aliphatic carbocycles. The van der Waals surface area contributed by atoms with Gasteiger partial charge in [0.2, 0.25) is 0 Å². The molecule has 1 heterocycles. The molecule has 1 atom stereocenters. The van der Waals surface area contributed by atoms with Gasteiger partial charge in [-0.05, 0) is 5.56 Å². The number of benzene rings is 1. The van der Waals surface area contributed by atoms with Gasteiger partial charge in [-0.3, -0.25) is 9.69 Å². The largest absolute Gasteiger partial charge is 0.390 e. The number of amides is 1. The fourth-order valence-corrected chi connectivity index (χ4v) is 2.49. The Labute approximate surface area is 133 Å². The van der Waals surface area contributed by atoms with Crippen molar-refractivity contribution in [3.05, 3.63) is 35.9 Å². The molecule has 0 saturated carbocycles. The molecule has 1 aliphatic heterocycles. The monoisotopic (exact) mass is 330 g/mol. The van der Waals surface area contributed by atoms with Crippen LogP contribution >= 0.6 is 0 Å². The smallest absolute Gasteiger partial charge is 0.366 e. The van der Waals surface area contributed by atoms with Gasteiger partial charge in [-0.1, -0.05) is 30.3 Å². The first-order valence-corrected chi connectivity index (χ1v) is 7.55. The van der Waals surface area contributed by atoms with Crippen molar-refractivity contribution in [3.8, 4) is 0 Å². The van der Waals surface area contributed by atoms with Crippen LogP contribution in [-0.2, 0) is 16.1 Å². The number of ether oxygens (including phenoxy) is 1. The summed E-state index contributed by atoms with van der Waals surface area (Å²) >= 11 is 0. The molecule has 0 radical (unpaired) electrons. The van der Waals surface area contributed by atoms with E-state index < -0.39 is 24.6 Å². The molecule has 1 aromatic carbocycles. The van der Waals surface area contributed by atoms with Gasteiger partial charge in [-0.15, -0.1) is 0 Å². The van der Waals surface area contributed by atoms with Crippen molar-refractivity contribution in [2.75, 3.05) is 33.3 Å². The second-order valence-corrected chi connectivity index (χ2v) is 5.71. The van der Waals surface area contributed by atoms with Crippen LogP contribution in [0.5, 0.6) is 0 Å². The summed E-state index contributed by atoms with van der Waals surface area (Å²) in [6.45, 7) is 1.84. The summed E-state index contributed by atoms with van der Waals surface area (Å²) in [7, 11) is 1.38. The van der Waals surface area contributed by atoms with Crippen LogP contribution in [0.3, 0.4) is 0 Å². The van der Waals surface area contributed by atoms with Crippen molar-refractivity contribution in [2.45, 2.75) is 25.2 Å². The maximum Gasteiger partial charge on any atom is 0.390 e. The van der Waals surface area contributed by atoms with E-state index in [4.69, 9.17) is 4.74 Å². The van der Waals surface area contributed by atoms with Crippen LogP contribution in [0, 0.1) is 0 Å². The number of hydrogen-bond donors (Lipinski definition) is 0. The van der Waals surface area contributed by atoms with Crippen LogP contribution in [0.4, 0.5) is 13.2 Å². The fourth-order valence-electron chi connectivity index (χ4n) is 2.49. The first-order chi connectivity index (χ1) is 10.8. The molecule has 7 heteroatoms. The predicted octanol–water partition coefficient (Wildman–Crippen LogP) is 2.30. The van der Waals surface area contributed by atoms with Crippen molar-refractivity contribution < 1.29 is 22.7 Å². The Morgan fingerprint density at radius 3 is 2.70 bits per heavy atom. The van der Waals surface area contributed by atoms with Crippen LogP contribution in [0.15, 0.2) is 30.3 Å². The van der Waals surface area contributed by atoms with E-state index in [0.29, 0.717) is 26.2 Å². The van der Waals surface area contributed by atoms with E-state index in [1.807, 2.05) is 30.3 Å². The van der Waals surface area contributed by atoms with Crippen molar-refractivity contribution >= 4 is 5.91 Å². The normalized spacial score (nSPS) is 19.6. The van der Waals surface area contributed by atoms with Gasteiger partial charge in [0.05, 0.1) is 13.0 Å². The lowest BCUT2D eigenvalue weighted by atomic mass is 10.2. The highest BCUT2D eigenvalue weighted by atomic mass is 19.4. The third kappa shape index (κ3) is 5.84.